The van der Waals surface area contributed by atoms with E-state index in [1.165, 1.54) is 11.3 Å². The first-order chi connectivity index (χ1) is 10.9. The number of amides is 1. The molecular formula is C17H20N2O3S. The predicted molar refractivity (Wildman–Crippen MR) is 89.8 cm³/mol. The molecule has 1 aromatic heterocycles. The van der Waals surface area contributed by atoms with Gasteiger partial charge in [0.05, 0.1) is 10.7 Å². The van der Waals surface area contributed by atoms with Crippen molar-refractivity contribution in [2.45, 2.75) is 33.2 Å². The maximum absolute atomic E-state index is 12.3. The predicted octanol–water partition coefficient (Wildman–Crippen LogP) is 2.88. The molecule has 1 heterocycles. The summed E-state index contributed by atoms with van der Waals surface area (Å²) in [4.78, 5) is 28.5. The highest BCUT2D eigenvalue weighted by atomic mass is 32.1. The molecule has 0 aliphatic carbocycles. The number of aromatic nitrogens is 1. The molecule has 5 nitrogen and oxygen atoms in total. The van der Waals surface area contributed by atoms with Crippen LogP contribution in [-0.4, -0.2) is 28.0 Å². The first-order valence-corrected chi connectivity index (χ1v) is 8.24. The second kappa shape index (κ2) is 7.37. The molecule has 0 saturated heterocycles. The highest BCUT2D eigenvalue weighted by Crippen LogP contribution is 2.21. The van der Waals surface area contributed by atoms with E-state index in [0.717, 1.165) is 10.6 Å². The number of nitrogens with one attached hydrogen (secondary N) is 1. The van der Waals surface area contributed by atoms with Gasteiger partial charge in [-0.1, -0.05) is 44.2 Å². The maximum atomic E-state index is 12.3. The van der Waals surface area contributed by atoms with Gasteiger partial charge in [0.2, 0.25) is 0 Å². The van der Waals surface area contributed by atoms with Crippen LogP contribution in [0.2, 0.25) is 0 Å². The number of hydrogen-bond acceptors (Lipinski definition) is 4. The SMILES string of the molecule is Cc1nc(Cc2ccccc2)sc1C(=O)NC(C(=O)O)C(C)C. The summed E-state index contributed by atoms with van der Waals surface area (Å²) in [5, 5.41) is 12.6. The number of carboxylic acid groups (broad SMARTS) is 1. The fourth-order valence-corrected chi connectivity index (χ4v) is 3.23. The van der Waals surface area contributed by atoms with Gasteiger partial charge in [0.15, 0.2) is 0 Å². The van der Waals surface area contributed by atoms with Gasteiger partial charge in [-0.25, -0.2) is 9.78 Å². The second-order valence-electron chi connectivity index (χ2n) is 5.72. The molecule has 6 heteroatoms. The summed E-state index contributed by atoms with van der Waals surface area (Å²) in [7, 11) is 0. The van der Waals surface area contributed by atoms with Crippen LogP contribution in [-0.2, 0) is 11.2 Å². The lowest BCUT2D eigenvalue weighted by atomic mass is 10.0. The van der Waals surface area contributed by atoms with E-state index in [0.29, 0.717) is 17.0 Å². The number of aryl methyl sites for hydroxylation is 1. The van der Waals surface area contributed by atoms with Crippen molar-refractivity contribution < 1.29 is 14.7 Å². The van der Waals surface area contributed by atoms with Gasteiger partial charge in [0.1, 0.15) is 10.9 Å². The highest BCUT2D eigenvalue weighted by Gasteiger charge is 2.26. The van der Waals surface area contributed by atoms with Gasteiger partial charge in [0.25, 0.3) is 5.91 Å². The molecule has 0 saturated carbocycles. The van der Waals surface area contributed by atoms with Gasteiger partial charge in [-0.3, -0.25) is 4.79 Å². The van der Waals surface area contributed by atoms with Gasteiger partial charge in [-0.05, 0) is 18.4 Å². The van der Waals surface area contributed by atoms with Gasteiger partial charge in [0, 0.05) is 6.42 Å². The van der Waals surface area contributed by atoms with Crippen LogP contribution in [0, 0.1) is 12.8 Å². The zero-order valence-corrected chi connectivity index (χ0v) is 14.2. The van der Waals surface area contributed by atoms with Gasteiger partial charge in [-0.2, -0.15) is 0 Å². The third-order valence-corrected chi connectivity index (χ3v) is 4.62. The molecule has 0 fully saturated rings. The van der Waals surface area contributed by atoms with E-state index in [-0.39, 0.29) is 11.8 Å². The molecule has 0 bridgehead atoms. The second-order valence-corrected chi connectivity index (χ2v) is 6.80. The number of thiazole rings is 1. The van der Waals surface area contributed by atoms with Crippen molar-refractivity contribution in [3.63, 3.8) is 0 Å². The monoisotopic (exact) mass is 332 g/mol. The Morgan fingerprint density at radius 3 is 2.48 bits per heavy atom. The minimum absolute atomic E-state index is 0.187. The minimum Gasteiger partial charge on any atom is -0.480 e. The summed E-state index contributed by atoms with van der Waals surface area (Å²) in [5.41, 5.74) is 1.75. The van der Waals surface area contributed by atoms with Crippen molar-refractivity contribution in [1.29, 1.82) is 0 Å². The molecule has 1 unspecified atom stereocenters. The summed E-state index contributed by atoms with van der Waals surface area (Å²) < 4.78 is 0. The molecule has 23 heavy (non-hydrogen) atoms. The first kappa shape index (κ1) is 17.1. The Morgan fingerprint density at radius 2 is 1.91 bits per heavy atom. The zero-order valence-electron chi connectivity index (χ0n) is 13.4. The van der Waals surface area contributed by atoms with Crippen molar-refractivity contribution in [3.8, 4) is 0 Å². The van der Waals surface area contributed by atoms with Crippen LogP contribution in [0.25, 0.3) is 0 Å². The minimum atomic E-state index is -1.03. The van der Waals surface area contributed by atoms with E-state index in [9.17, 15) is 14.7 Å². The van der Waals surface area contributed by atoms with Crippen LogP contribution in [0.15, 0.2) is 30.3 Å². The van der Waals surface area contributed by atoms with Gasteiger partial charge >= 0.3 is 5.97 Å². The molecule has 1 aromatic carbocycles. The Hall–Kier alpha value is -2.21. The Kier molecular flexibility index (Phi) is 5.50. The van der Waals surface area contributed by atoms with E-state index in [2.05, 4.69) is 10.3 Å². The van der Waals surface area contributed by atoms with Crippen molar-refractivity contribution in [1.82, 2.24) is 10.3 Å². The summed E-state index contributed by atoms with van der Waals surface area (Å²) in [5.74, 6) is -1.59. The topological polar surface area (TPSA) is 79.3 Å². The Morgan fingerprint density at radius 1 is 1.26 bits per heavy atom. The van der Waals surface area contributed by atoms with Crippen molar-refractivity contribution >= 4 is 23.2 Å². The lowest BCUT2D eigenvalue weighted by Gasteiger charge is -2.17. The van der Waals surface area contributed by atoms with Crippen molar-refractivity contribution in [2.75, 3.05) is 0 Å². The van der Waals surface area contributed by atoms with E-state index >= 15 is 0 Å². The third kappa shape index (κ3) is 4.39. The number of aliphatic carboxylic acids is 1. The van der Waals surface area contributed by atoms with Gasteiger partial charge < -0.3 is 10.4 Å². The average Bonchev–Trinajstić information content (AvgIpc) is 2.85. The molecule has 0 aliphatic rings. The molecule has 1 amide bonds. The van der Waals surface area contributed by atoms with E-state index in [1.807, 2.05) is 30.3 Å². The maximum Gasteiger partial charge on any atom is 0.326 e. The summed E-state index contributed by atoms with van der Waals surface area (Å²) in [6, 6.07) is 8.99. The Balaban J connectivity index is 2.14. The van der Waals surface area contributed by atoms with Crippen LogP contribution < -0.4 is 5.32 Å². The van der Waals surface area contributed by atoms with Crippen LogP contribution in [0.4, 0.5) is 0 Å². The van der Waals surface area contributed by atoms with Crippen LogP contribution in [0.5, 0.6) is 0 Å². The van der Waals surface area contributed by atoms with Crippen LogP contribution in [0.1, 0.15) is 39.8 Å². The lowest BCUT2D eigenvalue weighted by molar-refractivity contribution is -0.140. The van der Waals surface area contributed by atoms with Crippen LogP contribution in [0.3, 0.4) is 0 Å². The average molecular weight is 332 g/mol. The molecule has 0 radical (unpaired) electrons. The summed E-state index contributed by atoms with van der Waals surface area (Å²) in [6.45, 7) is 5.30. The van der Waals surface area contributed by atoms with Crippen molar-refractivity contribution in [2.24, 2.45) is 5.92 Å². The van der Waals surface area contributed by atoms with Crippen LogP contribution >= 0.6 is 11.3 Å². The lowest BCUT2D eigenvalue weighted by Crippen LogP contribution is -2.44. The zero-order chi connectivity index (χ0) is 17.0. The first-order valence-electron chi connectivity index (χ1n) is 7.42. The molecule has 2 rings (SSSR count). The smallest absolute Gasteiger partial charge is 0.326 e. The number of hydrogen-bond donors (Lipinski definition) is 2. The molecule has 122 valence electrons. The molecular weight excluding hydrogens is 312 g/mol. The number of carboxylic acids is 1. The third-order valence-electron chi connectivity index (χ3n) is 3.46. The quantitative estimate of drug-likeness (QED) is 0.852. The fraction of sp³-hybridized carbons (Fsp3) is 0.353. The Labute approximate surface area is 139 Å². The number of carbonyl (C=O) groups excluding carboxylic acids is 1. The molecule has 1 atom stereocenters. The fourth-order valence-electron chi connectivity index (χ4n) is 2.23. The number of rotatable bonds is 6. The normalized spacial score (nSPS) is 12.2. The highest BCUT2D eigenvalue weighted by molar-refractivity contribution is 7.13. The number of benzene rings is 1. The summed E-state index contributed by atoms with van der Waals surface area (Å²) >= 11 is 1.31. The summed E-state index contributed by atoms with van der Waals surface area (Å²) in [6.07, 6.45) is 0.659. The number of carbonyl (C=O) groups is 2. The van der Waals surface area contributed by atoms with Crippen molar-refractivity contribution in [3.05, 3.63) is 51.5 Å². The van der Waals surface area contributed by atoms with E-state index < -0.39 is 12.0 Å². The standard InChI is InChI=1S/C17H20N2O3S/c1-10(2)14(17(21)22)19-16(20)15-11(3)18-13(23-15)9-12-7-5-4-6-8-12/h4-8,10,14H,9H2,1-3H3,(H,19,20)(H,21,22). The van der Waals surface area contributed by atoms with Gasteiger partial charge in [-0.15, -0.1) is 11.3 Å². The molecule has 0 spiro atoms. The van der Waals surface area contributed by atoms with E-state index in [1.54, 1.807) is 20.8 Å². The van der Waals surface area contributed by atoms with E-state index in [4.69, 9.17) is 0 Å². The molecule has 0 aliphatic heterocycles. The Bertz CT molecular complexity index is 695. The molecule has 2 aromatic rings. The number of nitrogens with zero attached hydrogens (tertiary/aromatic N) is 1. The molecule has 2 N–H and O–H groups in total. The largest absolute Gasteiger partial charge is 0.480 e.